The lowest BCUT2D eigenvalue weighted by Crippen LogP contribution is -2.16. The van der Waals surface area contributed by atoms with Crippen molar-refractivity contribution in [2.24, 2.45) is 0 Å². The average Bonchev–Trinajstić information content (AvgIpc) is 3.14. The molecule has 0 fully saturated rings. The fraction of sp³-hybridized carbons (Fsp3) is 0.190. The fourth-order valence-electron chi connectivity index (χ4n) is 2.95. The Hall–Kier alpha value is -3.61. The molecule has 0 aliphatic carbocycles. The topological polar surface area (TPSA) is 86.6 Å². The molecule has 28 heavy (non-hydrogen) atoms. The number of aryl methyl sites for hydroxylation is 1. The third-order valence-electron chi connectivity index (χ3n) is 4.32. The number of aromatic nitrogens is 1. The van der Waals surface area contributed by atoms with E-state index in [1.165, 1.54) is 32.4 Å². The number of para-hydroxylation sites is 1. The predicted octanol–water partition coefficient (Wildman–Crippen LogP) is 3.24. The number of benzene rings is 2. The third-order valence-corrected chi connectivity index (χ3v) is 4.32. The third kappa shape index (κ3) is 4.20. The Morgan fingerprint density at radius 2 is 1.57 bits per heavy atom. The number of rotatable bonds is 6. The monoisotopic (exact) mass is 380 g/mol. The van der Waals surface area contributed by atoms with E-state index in [4.69, 9.17) is 9.47 Å². The highest BCUT2D eigenvalue weighted by atomic mass is 16.5. The van der Waals surface area contributed by atoms with E-state index in [0.29, 0.717) is 12.2 Å². The van der Waals surface area contributed by atoms with Gasteiger partial charge in [0.25, 0.3) is 0 Å². The van der Waals surface area contributed by atoms with Gasteiger partial charge >= 0.3 is 11.9 Å². The van der Waals surface area contributed by atoms with Gasteiger partial charge in [-0.2, -0.15) is 0 Å². The van der Waals surface area contributed by atoms with E-state index in [1.807, 2.05) is 41.1 Å². The van der Waals surface area contributed by atoms with Gasteiger partial charge in [-0.25, -0.2) is 9.59 Å². The van der Waals surface area contributed by atoms with Crippen molar-refractivity contribution in [1.82, 2.24) is 4.57 Å². The number of methoxy groups -OCH3 is 2. The second kappa shape index (κ2) is 8.39. The predicted molar refractivity (Wildman–Crippen MR) is 104 cm³/mol. The molecule has 2 aromatic carbocycles. The summed E-state index contributed by atoms with van der Waals surface area (Å²) in [4.78, 5) is 36.0. The van der Waals surface area contributed by atoms with Crippen molar-refractivity contribution in [2.75, 3.05) is 19.5 Å². The van der Waals surface area contributed by atoms with E-state index < -0.39 is 11.9 Å². The van der Waals surface area contributed by atoms with Crippen LogP contribution in [0.15, 0.2) is 54.7 Å². The Balaban J connectivity index is 1.73. The molecule has 0 aliphatic heterocycles. The van der Waals surface area contributed by atoms with Crippen LogP contribution in [0.5, 0.6) is 0 Å². The van der Waals surface area contributed by atoms with E-state index in [1.54, 1.807) is 0 Å². The second-order valence-electron chi connectivity index (χ2n) is 6.15. The van der Waals surface area contributed by atoms with Crippen molar-refractivity contribution in [1.29, 1.82) is 0 Å². The number of carbonyl (C=O) groups is 3. The minimum atomic E-state index is -0.611. The lowest BCUT2D eigenvalue weighted by molar-refractivity contribution is -0.116. The number of nitrogens with zero attached hydrogens (tertiary/aromatic N) is 1. The van der Waals surface area contributed by atoms with Gasteiger partial charge in [-0.3, -0.25) is 4.79 Å². The Morgan fingerprint density at radius 3 is 2.21 bits per heavy atom. The minimum Gasteiger partial charge on any atom is -0.465 e. The maximum atomic E-state index is 12.4. The van der Waals surface area contributed by atoms with Crippen LogP contribution in [0.3, 0.4) is 0 Å². The fourth-order valence-corrected chi connectivity index (χ4v) is 2.95. The van der Waals surface area contributed by atoms with E-state index >= 15 is 0 Å². The molecule has 0 aliphatic rings. The number of esters is 2. The Labute approximate surface area is 161 Å². The zero-order valence-electron chi connectivity index (χ0n) is 15.6. The summed E-state index contributed by atoms with van der Waals surface area (Å²) < 4.78 is 11.4. The van der Waals surface area contributed by atoms with Crippen LogP contribution in [0.25, 0.3) is 10.9 Å². The molecule has 7 nitrogen and oxygen atoms in total. The Morgan fingerprint density at radius 1 is 0.929 bits per heavy atom. The molecule has 0 radical (unpaired) electrons. The van der Waals surface area contributed by atoms with Gasteiger partial charge in [0, 0.05) is 30.4 Å². The Bertz CT molecular complexity index is 1000. The van der Waals surface area contributed by atoms with Crippen molar-refractivity contribution in [3.8, 4) is 0 Å². The number of anilines is 1. The summed E-state index contributed by atoms with van der Waals surface area (Å²) in [6.07, 6.45) is 2.17. The molecule has 0 bridgehead atoms. The number of amides is 1. The van der Waals surface area contributed by atoms with Crippen LogP contribution in [0.2, 0.25) is 0 Å². The zero-order chi connectivity index (χ0) is 20.1. The summed E-state index contributed by atoms with van der Waals surface area (Å²) in [5.74, 6) is -1.46. The van der Waals surface area contributed by atoms with Crippen LogP contribution in [0.4, 0.5) is 5.69 Å². The molecule has 1 heterocycles. The lowest BCUT2D eigenvalue weighted by Gasteiger charge is -2.10. The van der Waals surface area contributed by atoms with Crippen LogP contribution in [-0.2, 0) is 20.8 Å². The second-order valence-corrected chi connectivity index (χ2v) is 6.15. The maximum Gasteiger partial charge on any atom is 0.337 e. The molecule has 1 N–H and O–H groups in total. The van der Waals surface area contributed by atoms with Crippen molar-refractivity contribution < 1.29 is 23.9 Å². The molecule has 1 aromatic heterocycles. The van der Waals surface area contributed by atoms with E-state index in [9.17, 15) is 14.4 Å². The van der Waals surface area contributed by atoms with Crippen LogP contribution < -0.4 is 5.32 Å². The first kappa shape index (κ1) is 19.2. The Kier molecular flexibility index (Phi) is 5.74. The number of ether oxygens (including phenoxy) is 2. The first-order valence-corrected chi connectivity index (χ1v) is 8.67. The molecular weight excluding hydrogens is 360 g/mol. The molecule has 0 spiro atoms. The quantitative estimate of drug-likeness (QED) is 0.664. The summed E-state index contributed by atoms with van der Waals surface area (Å²) in [5, 5.41) is 3.83. The molecule has 3 aromatic rings. The molecule has 0 unspecified atom stereocenters. The van der Waals surface area contributed by atoms with Gasteiger partial charge in [0.15, 0.2) is 0 Å². The van der Waals surface area contributed by atoms with Crippen molar-refractivity contribution >= 4 is 34.4 Å². The molecule has 0 saturated carbocycles. The van der Waals surface area contributed by atoms with E-state index in [-0.39, 0.29) is 23.5 Å². The summed E-state index contributed by atoms with van der Waals surface area (Å²) in [5.41, 5.74) is 1.68. The van der Waals surface area contributed by atoms with Crippen LogP contribution in [0, 0.1) is 0 Å². The van der Waals surface area contributed by atoms with Gasteiger partial charge in [-0.15, -0.1) is 0 Å². The lowest BCUT2D eigenvalue weighted by atomic mass is 10.1. The largest absolute Gasteiger partial charge is 0.465 e. The van der Waals surface area contributed by atoms with Crippen LogP contribution >= 0.6 is 0 Å². The molecule has 3 rings (SSSR count). The van der Waals surface area contributed by atoms with Gasteiger partial charge in [0.2, 0.25) is 5.91 Å². The molecule has 7 heteroatoms. The highest BCUT2D eigenvalue weighted by Crippen LogP contribution is 2.18. The highest BCUT2D eigenvalue weighted by Gasteiger charge is 2.15. The van der Waals surface area contributed by atoms with Gasteiger partial charge in [0.05, 0.1) is 25.3 Å². The van der Waals surface area contributed by atoms with Gasteiger partial charge in [-0.05, 0) is 35.7 Å². The van der Waals surface area contributed by atoms with Crippen LogP contribution in [0.1, 0.15) is 27.1 Å². The van der Waals surface area contributed by atoms with E-state index in [2.05, 4.69) is 5.32 Å². The molecule has 0 atom stereocenters. The highest BCUT2D eigenvalue weighted by molar-refractivity contribution is 5.99. The summed E-state index contributed by atoms with van der Waals surface area (Å²) >= 11 is 0. The molecule has 144 valence electrons. The summed E-state index contributed by atoms with van der Waals surface area (Å²) in [7, 11) is 2.49. The summed E-state index contributed by atoms with van der Waals surface area (Å²) in [6, 6.07) is 14.2. The van der Waals surface area contributed by atoms with Gasteiger partial charge in [-0.1, -0.05) is 18.2 Å². The summed E-state index contributed by atoms with van der Waals surface area (Å²) in [6.45, 7) is 0.500. The SMILES string of the molecule is COC(=O)c1cc(NC(=O)CCn2ccc3ccccc32)cc(C(=O)OC)c1. The number of carbonyl (C=O) groups excluding carboxylic acids is 3. The molecule has 1 amide bonds. The molecule has 0 saturated heterocycles. The first-order valence-electron chi connectivity index (χ1n) is 8.67. The standard InChI is InChI=1S/C21H20N2O5/c1-27-20(25)15-11-16(21(26)28-2)13-17(12-15)22-19(24)8-10-23-9-7-14-5-3-4-6-18(14)23/h3-7,9,11-13H,8,10H2,1-2H3,(H,22,24). The van der Waals surface area contributed by atoms with Crippen molar-refractivity contribution in [3.63, 3.8) is 0 Å². The average molecular weight is 380 g/mol. The smallest absolute Gasteiger partial charge is 0.337 e. The number of hydrogen-bond donors (Lipinski definition) is 1. The van der Waals surface area contributed by atoms with Gasteiger partial charge in [0.1, 0.15) is 0 Å². The maximum absolute atomic E-state index is 12.4. The minimum absolute atomic E-state index is 0.150. The number of fused-ring (bicyclic) bond motifs is 1. The zero-order valence-corrected chi connectivity index (χ0v) is 15.6. The van der Waals surface area contributed by atoms with Crippen molar-refractivity contribution in [2.45, 2.75) is 13.0 Å². The first-order chi connectivity index (χ1) is 13.5. The normalized spacial score (nSPS) is 10.5. The van der Waals surface area contributed by atoms with E-state index in [0.717, 1.165) is 10.9 Å². The molecular formula is C21H20N2O5. The number of hydrogen-bond acceptors (Lipinski definition) is 5. The van der Waals surface area contributed by atoms with Crippen LogP contribution in [-0.4, -0.2) is 36.6 Å². The number of nitrogens with one attached hydrogen (secondary N) is 1. The van der Waals surface area contributed by atoms with Gasteiger partial charge < -0.3 is 19.4 Å². The van der Waals surface area contributed by atoms with Crippen molar-refractivity contribution in [3.05, 3.63) is 65.9 Å².